The zero-order chi connectivity index (χ0) is 10.8. The molecule has 0 N–H and O–H groups in total. The van der Waals surface area contributed by atoms with E-state index in [-0.39, 0.29) is 6.10 Å². The number of rotatable bonds is 8. The molecule has 0 spiro atoms. The Bertz CT molecular complexity index is 193. The number of nitriles is 1. The molecule has 0 aliphatic rings. The highest BCUT2D eigenvalue weighted by Gasteiger charge is 2.09. The van der Waals surface area contributed by atoms with E-state index in [1.54, 1.807) is 0 Å². The SMILES string of the molecule is C=C(CCCC)C(CC)OCCC#N. The van der Waals surface area contributed by atoms with Crippen LogP contribution in [0.5, 0.6) is 0 Å². The van der Waals surface area contributed by atoms with Crippen LogP contribution in [0.4, 0.5) is 0 Å². The Labute approximate surface area is 87.6 Å². The van der Waals surface area contributed by atoms with Gasteiger partial charge in [-0.2, -0.15) is 5.26 Å². The molecule has 0 fully saturated rings. The average molecular weight is 195 g/mol. The number of ether oxygens (including phenoxy) is 1. The molecule has 0 aliphatic carbocycles. The van der Waals surface area contributed by atoms with Crippen LogP contribution >= 0.6 is 0 Å². The standard InChI is InChI=1S/C12H21NO/c1-4-6-8-11(3)12(5-2)14-10-7-9-13/h12H,3-8,10H2,1-2H3. The Kier molecular flexibility index (Phi) is 8.27. The van der Waals surface area contributed by atoms with Crippen molar-refractivity contribution in [3.05, 3.63) is 12.2 Å². The van der Waals surface area contributed by atoms with Gasteiger partial charge in [0.1, 0.15) is 0 Å². The van der Waals surface area contributed by atoms with Gasteiger partial charge in [0.25, 0.3) is 0 Å². The van der Waals surface area contributed by atoms with Gasteiger partial charge in [-0.1, -0.05) is 26.8 Å². The maximum absolute atomic E-state index is 8.38. The highest BCUT2D eigenvalue weighted by molar-refractivity contribution is 5.01. The second kappa shape index (κ2) is 8.77. The summed E-state index contributed by atoms with van der Waals surface area (Å²) >= 11 is 0. The van der Waals surface area contributed by atoms with Crippen LogP contribution in [-0.2, 0) is 4.74 Å². The van der Waals surface area contributed by atoms with Gasteiger partial charge in [-0.3, -0.25) is 0 Å². The van der Waals surface area contributed by atoms with E-state index < -0.39 is 0 Å². The first-order chi connectivity index (χ1) is 6.76. The van der Waals surface area contributed by atoms with Gasteiger partial charge in [-0.25, -0.2) is 0 Å². The fourth-order valence-electron chi connectivity index (χ4n) is 1.34. The third kappa shape index (κ3) is 5.77. The molecule has 0 radical (unpaired) electrons. The van der Waals surface area contributed by atoms with Crippen LogP contribution in [0.15, 0.2) is 12.2 Å². The molecule has 0 aliphatic heterocycles. The minimum atomic E-state index is 0.148. The van der Waals surface area contributed by atoms with Gasteiger partial charge in [0.15, 0.2) is 0 Å². The molecule has 0 bridgehead atoms. The van der Waals surface area contributed by atoms with E-state index in [2.05, 4.69) is 26.5 Å². The summed E-state index contributed by atoms with van der Waals surface area (Å²) in [6, 6.07) is 2.07. The largest absolute Gasteiger partial charge is 0.373 e. The summed E-state index contributed by atoms with van der Waals surface area (Å²) in [5, 5.41) is 8.38. The minimum absolute atomic E-state index is 0.148. The number of hydrogen-bond donors (Lipinski definition) is 0. The van der Waals surface area contributed by atoms with Crippen molar-refractivity contribution in [2.24, 2.45) is 0 Å². The zero-order valence-electron chi connectivity index (χ0n) is 9.38. The summed E-state index contributed by atoms with van der Waals surface area (Å²) < 4.78 is 5.57. The molecule has 0 heterocycles. The van der Waals surface area contributed by atoms with Crippen molar-refractivity contribution in [1.82, 2.24) is 0 Å². The Morgan fingerprint density at radius 1 is 1.50 bits per heavy atom. The quantitative estimate of drug-likeness (QED) is 0.439. The maximum atomic E-state index is 8.38. The van der Waals surface area contributed by atoms with E-state index in [1.165, 1.54) is 18.4 Å². The summed E-state index contributed by atoms with van der Waals surface area (Å²) in [5.41, 5.74) is 1.17. The highest BCUT2D eigenvalue weighted by atomic mass is 16.5. The molecule has 0 amide bonds. The fraction of sp³-hybridized carbons (Fsp3) is 0.750. The van der Waals surface area contributed by atoms with Crippen LogP contribution in [0.3, 0.4) is 0 Å². The summed E-state index contributed by atoms with van der Waals surface area (Å²) in [4.78, 5) is 0. The third-order valence-electron chi connectivity index (χ3n) is 2.21. The molecule has 0 saturated heterocycles. The lowest BCUT2D eigenvalue weighted by molar-refractivity contribution is 0.0771. The van der Waals surface area contributed by atoms with Gasteiger partial charge in [-0.05, 0) is 24.8 Å². The topological polar surface area (TPSA) is 33.0 Å². The lowest BCUT2D eigenvalue weighted by Gasteiger charge is -2.17. The summed E-state index contributed by atoms with van der Waals surface area (Å²) in [7, 11) is 0. The van der Waals surface area contributed by atoms with Crippen LogP contribution in [0.25, 0.3) is 0 Å². The third-order valence-corrected chi connectivity index (χ3v) is 2.21. The van der Waals surface area contributed by atoms with Gasteiger partial charge in [0.2, 0.25) is 0 Å². The Morgan fingerprint density at radius 3 is 2.71 bits per heavy atom. The molecule has 2 nitrogen and oxygen atoms in total. The normalized spacial score (nSPS) is 12.1. The van der Waals surface area contributed by atoms with E-state index in [0.717, 1.165) is 12.8 Å². The summed E-state index contributed by atoms with van der Waals surface area (Å²) in [6.45, 7) is 8.82. The molecule has 2 heteroatoms. The number of hydrogen-bond acceptors (Lipinski definition) is 2. The van der Waals surface area contributed by atoms with Crippen molar-refractivity contribution in [2.75, 3.05) is 6.61 Å². The lowest BCUT2D eigenvalue weighted by atomic mass is 10.0. The zero-order valence-corrected chi connectivity index (χ0v) is 9.38. The van der Waals surface area contributed by atoms with E-state index in [9.17, 15) is 0 Å². The molecule has 80 valence electrons. The van der Waals surface area contributed by atoms with Crippen molar-refractivity contribution in [3.8, 4) is 6.07 Å². The molecule has 14 heavy (non-hydrogen) atoms. The van der Waals surface area contributed by atoms with Crippen LogP contribution in [-0.4, -0.2) is 12.7 Å². The number of unbranched alkanes of at least 4 members (excludes halogenated alkanes) is 1. The van der Waals surface area contributed by atoms with E-state index in [0.29, 0.717) is 13.0 Å². The molecule has 0 saturated carbocycles. The molecule has 0 aromatic rings. The molecule has 1 atom stereocenters. The molecule has 0 aromatic heterocycles. The van der Waals surface area contributed by atoms with Gasteiger partial charge in [-0.15, -0.1) is 0 Å². The first kappa shape index (κ1) is 13.2. The second-order valence-corrected chi connectivity index (χ2v) is 3.44. The monoisotopic (exact) mass is 195 g/mol. The van der Waals surface area contributed by atoms with Crippen LogP contribution in [0, 0.1) is 11.3 Å². The van der Waals surface area contributed by atoms with Gasteiger partial charge in [0.05, 0.1) is 25.2 Å². The lowest BCUT2D eigenvalue weighted by Crippen LogP contribution is -2.15. The van der Waals surface area contributed by atoms with Crippen molar-refractivity contribution in [2.45, 2.75) is 52.1 Å². The van der Waals surface area contributed by atoms with Gasteiger partial charge < -0.3 is 4.74 Å². The van der Waals surface area contributed by atoms with E-state index in [1.807, 2.05) is 0 Å². The van der Waals surface area contributed by atoms with E-state index >= 15 is 0 Å². The van der Waals surface area contributed by atoms with Crippen molar-refractivity contribution in [3.63, 3.8) is 0 Å². The predicted octanol–water partition coefficient (Wildman–Crippen LogP) is 3.44. The Morgan fingerprint density at radius 2 is 2.21 bits per heavy atom. The Hall–Kier alpha value is -0.810. The van der Waals surface area contributed by atoms with E-state index in [4.69, 9.17) is 10.00 Å². The van der Waals surface area contributed by atoms with Crippen molar-refractivity contribution >= 4 is 0 Å². The second-order valence-electron chi connectivity index (χ2n) is 3.44. The highest BCUT2D eigenvalue weighted by Crippen LogP contribution is 2.15. The molecular weight excluding hydrogens is 174 g/mol. The predicted molar refractivity (Wildman–Crippen MR) is 58.9 cm³/mol. The summed E-state index contributed by atoms with van der Waals surface area (Å²) in [6.07, 6.45) is 4.98. The summed E-state index contributed by atoms with van der Waals surface area (Å²) in [5.74, 6) is 0. The smallest absolute Gasteiger partial charge is 0.0780 e. The molecule has 1 unspecified atom stereocenters. The first-order valence-corrected chi connectivity index (χ1v) is 5.42. The number of nitrogens with zero attached hydrogens (tertiary/aromatic N) is 1. The average Bonchev–Trinajstić information content (AvgIpc) is 2.21. The molecular formula is C12H21NO. The maximum Gasteiger partial charge on any atom is 0.0780 e. The minimum Gasteiger partial charge on any atom is -0.373 e. The van der Waals surface area contributed by atoms with Crippen molar-refractivity contribution < 1.29 is 4.74 Å². The molecule has 0 aromatic carbocycles. The van der Waals surface area contributed by atoms with Crippen LogP contribution in [0.1, 0.15) is 46.0 Å². The van der Waals surface area contributed by atoms with Gasteiger partial charge >= 0.3 is 0 Å². The van der Waals surface area contributed by atoms with Gasteiger partial charge in [0, 0.05) is 0 Å². The molecule has 0 rings (SSSR count). The van der Waals surface area contributed by atoms with Crippen molar-refractivity contribution in [1.29, 1.82) is 5.26 Å². The van der Waals surface area contributed by atoms with Crippen LogP contribution < -0.4 is 0 Å². The first-order valence-electron chi connectivity index (χ1n) is 5.42. The van der Waals surface area contributed by atoms with Crippen LogP contribution in [0.2, 0.25) is 0 Å². The fourth-order valence-corrected chi connectivity index (χ4v) is 1.34. The Balaban J connectivity index is 3.76.